The largest absolute Gasteiger partial charge is 0.486 e. The van der Waals surface area contributed by atoms with Gasteiger partial charge in [0.2, 0.25) is 11.7 Å². The number of hydrogen-bond acceptors (Lipinski definition) is 5. The molecule has 0 heterocycles. The van der Waals surface area contributed by atoms with E-state index in [1.165, 1.54) is 19.1 Å². The predicted molar refractivity (Wildman–Crippen MR) is 75.3 cm³/mol. The van der Waals surface area contributed by atoms with E-state index in [1.54, 1.807) is 6.92 Å². The van der Waals surface area contributed by atoms with Gasteiger partial charge in [-0.2, -0.15) is 0 Å². The maximum Gasteiger partial charge on any atom is 0.312 e. The zero-order valence-corrected chi connectivity index (χ0v) is 12.6. The Bertz CT molecular complexity index is 533. The second-order valence-corrected chi connectivity index (χ2v) is 5.31. The number of hydrogen-bond donors (Lipinski definition) is 2. The molecule has 0 radical (unpaired) electrons. The van der Waals surface area contributed by atoms with Crippen LogP contribution < -0.4 is 10.5 Å². The minimum Gasteiger partial charge on any atom is -0.486 e. The Kier molecular flexibility index (Phi) is 5.46. The average Bonchev–Trinajstić information content (AvgIpc) is 2.35. The van der Waals surface area contributed by atoms with Gasteiger partial charge in [-0.1, -0.05) is 22.9 Å². The zero-order chi connectivity index (χ0) is 15.4. The van der Waals surface area contributed by atoms with E-state index in [-0.39, 0.29) is 23.6 Å². The molecule has 0 aliphatic rings. The zero-order valence-electron chi connectivity index (χ0n) is 11.0. The van der Waals surface area contributed by atoms with Crippen LogP contribution in [0.3, 0.4) is 0 Å². The summed E-state index contributed by atoms with van der Waals surface area (Å²) in [6, 6.07) is 2.80. The van der Waals surface area contributed by atoms with Gasteiger partial charge >= 0.3 is 5.69 Å². The van der Waals surface area contributed by atoms with E-state index in [0.717, 1.165) is 0 Å². The molecule has 2 atom stereocenters. The van der Waals surface area contributed by atoms with E-state index in [1.807, 2.05) is 0 Å². The first-order chi connectivity index (χ1) is 9.23. The van der Waals surface area contributed by atoms with Crippen LogP contribution >= 0.6 is 15.9 Å². The van der Waals surface area contributed by atoms with Crippen LogP contribution in [0.15, 0.2) is 16.6 Å². The van der Waals surface area contributed by atoms with Crippen molar-refractivity contribution in [3.63, 3.8) is 0 Å². The number of nitrogens with two attached hydrogens (primary N) is 1. The summed E-state index contributed by atoms with van der Waals surface area (Å²) in [5, 5.41) is 20.8. The summed E-state index contributed by atoms with van der Waals surface area (Å²) in [6.45, 7) is 2.92. The van der Waals surface area contributed by atoms with Crippen molar-refractivity contribution in [2.45, 2.75) is 20.0 Å². The van der Waals surface area contributed by atoms with E-state index >= 15 is 0 Å². The number of nitro groups is 1. The average molecular weight is 347 g/mol. The molecule has 0 bridgehead atoms. The minimum absolute atomic E-state index is 0.0544. The van der Waals surface area contributed by atoms with Gasteiger partial charge in [0.05, 0.1) is 23.6 Å². The Morgan fingerprint density at radius 3 is 2.60 bits per heavy atom. The molecule has 1 aromatic carbocycles. The van der Waals surface area contributed by atoms with Crippen molar-refractivity contribution in [2.75, 3.05) is 6.61 Å². The summed E-state index contributed by atoms with van der Waals surface area (Å²) >= 11 is 3.14. The molecule has 0 fully saturated rings. The molecule has 0 aliphatic carbocycles. The summed E-state index contributed by atoms with van der Waals surface area (Å²) in [4.78, 5) is 21.4. The van der Waals surface area contributed by atoms with Crippen molar-refractivity contribution in [1.82, 2.24) is 0 Å². The van der Waals surface area contributed by atoms with Gasteiger partial charge in [-0.15, -0.1) is 0 Å². The van der Waals surface area contributed by atoms with E-state index in [0.29, 0.717) is 4.47 Å². The second kappa shape index (κ2) is 6.67. The highest BCUT2D eigenvalue weighted by molar-refractivity contribution is 9.10. The van der Waals surface area contributed by atoms with Gasteiger partial charge in [-0.3, -0.25) is 14.9 Å². The molecular formula is C12H15BrN2O5. The molecule has 1 rings (SSSR count). The summed E-state index contributed by atoms with van der Waals surface area (Å²) in [5.41, 5.74) is 5.09. The fraction of sp³-hybridized carbons (Fsp3) is 0.417. The maximum atomic E-state index is 11.1. The number of amides is 1. The first kappa shape index (κ1) is 16.4. The second-order valence-electron chi connectivity index (χ2n) is 4.39. The lowest BCUT2D eigenvalue weighted by atomic mass is 10.1. The standard InChI is InChI=1S/C12H15BrN2O5/c1-6(12(14)17)5-20-11-9(7(2)16)3-8(13)4-10(11)15(18)19/h3-4,6-7,16H,5H2,1-2H3,(H2,14,17). The lowest BCUT2D eigenvalue weighted by Crippen LogP contribution is -2.26. The number of halogens is 1. The van der Waals surface area contributed by atoms with Gasteiger partial charge in [0.15, 0.2) is 0 Å². The fourth-order valence-corrected chi connectivity index (χ4v) is 1.96. The molecule has 20 heavy (non-hydrogen) atoms. The van der Waals surface area contributed by atoms with Crippen molar-refractivity contribution >= 4 is 27.5 Å². The third kappa shape index (κ3) is 3.91. The Balaban J connectivity index is 3.19. The van der Waals surface area contributed by atoms with Crippen LogP contribution in [0.2, 0.25) is 0 Å². The number of rotatable bonds is 6. The van der Waals surface area contributed by atoms with Crippen LogP contribution in [0.5, 0.6) is 5.75 Å². The van der Waals surface area contributed by atoms with Crippen molar-refractivity contribution < 1.29 is 19.6 Å². The van der Waals surface area contributed by atoms with E-state index in [4.69, 9.17) is 10.5 Å². The molecule has 0 spiro atoms. The predicted octanol–water partition coefficient (Wildman–Crippen LogP) is 1.91. The monoisotopic (exact) mass is 346 g/mol. The number of nitrogens with zero attached hydrogens (tertiary/aromatic N) is 1. The Labute approximate surface area is 124 Å². The Morgan fingerprint density at radius 1 is 1.55 bits per heavy atom. The third-order valence-corrected chi connectivity index (χ3v) is 3.13. The van der Waals surface area contributed by atoms with Gasteiger partial charge in [0.1, 0.15) is 0 Å². The smallest absolute Gasteiger partial charge is 0.312 e. The van der Waals surface area contributed by atoms with E-state index in [2.05, 4.69) is 15.9 Å². The maximum absolute atomic E-state index is 11.1. The molecule has 8 heteroatoms. The normalized spacial score (nSPS) is 13.6. The highest BCUT2D eigenvalue weighted by Crippen LogP contribution is 2.38. The van der Waals surface area contributed by atoms with Gasteiger partial charge in [0, 0.05) is 16.1 Å². The third-order valence-electron chi connectivity index (χ3n) is 2.67. The van der Waals surface area contributed by atoms with Crippen LogP contribution in [0.4, 0.5) is 5.69 Å². The molecule has 0 saturated heterocycles. The molecule has 2 unspecified atom stereocenters. The molecular weight excluding hydrogens is 332 g/mol. The van der Waals surface area contributed by atoms with Crippen molar-refractivity contribution in [3.8, 4) is 5.75 Å². The minimum atomic E-state index is -0.954. The number of carbonyl (C=O) groups excluding carboxylic acids is 1. The fourth-order valence-electron chi connectivity index (χ4n) is 1.49. The first-order valence-corrected chi connectivity index (χ1v) is 6.61. The summed E-state index contributed by atoms with van der Waals surface area (Å²) in [5.74, 6) is -1.22. The van der Waals surface area contributed by atoms with Gasteiger partial charge < -0.3 is 15.6 Å². The summed E-state index contributed by atoms with van der Waals surface area (Å²) in [7, 11) is 0. The number of aliphatic hydroxyl groups is 1. The van der Waals surface area contributed by atoms with Crippen molar-refractivity contribution in [1.29, 1.82) is 0 Å². The van der Waals surface area contributed by atoms with Gasteiger partial charge in [0.25, 0.3) is 0 Å². The molecule has 0 saturated carbocycles. The van der Waals surface area contributed by atoms with Crippen LogP contribution in [-0.4, -0.2) is 22.5 Å². The Morgan fingerprint density at radius 2 is 2.15 bits per heavy atom. The van der Waals surface area contributed by atoms with Gasteiger partial charge in [-0.05, 0) is 13.0 Å². The number of benzene rings is 1. The highest BCUT2D eigenvalue weighted by atomic mass is 79.9. The summed E-state index contributed by atoms with van der Waals surface area (Å²) < 4.78 is 5.80. The topological polar surface area (TPSA) is 116 Å². The molecule has 0 aromatic heterocycles. The van der Waals surface area contributed by atoms with Crippen LogP contribution in [0.1, 0.15) is 25.5 Å². The lowest BCUT2D eigenvalue weighted by molar-refractivity contribution is -0.386. The molecule has 7 nitrogen and oxygen atoms in total. The highest BCUT2D eigenvalue weighted by Gasteiger charge is 2.24. The molecule has 3 N–H and O–H groups in total. The number of nitro benzene ring substituents is 1. The van der Waals surface area contributed by atoms with Crippen molar-refractivity contribution in [3.05, 3.63) is 32.3 Å². The van der Waals surface area contributed by atoms with E-state index in [9.17, 15) is 20.0 Å². The van der Waals surface area contributed by atoms with Crippen LogP contribution in [0.25, 0.3) is 0 Å². The van der Waals surface area contributed by atoms with E-state index < -0.39 is 22.9 Å². The molecule has 1 amide bonds. The number of carbonyl (C=O) groups is 1. The quantitative estimate of drug-likeness (QED) is 0.602. The molecule has 0 aliphatic heterocycles. The number of primary amides is 1. The lowest BCUT2D eigenvalue weighted by Gasteiger charge is -2.15. The molecule has 110 valence electrons. The summed E-state index contributed by atoms with van der Waals surface area (Å²) in [6.07, 6.45) is -0.954. The van der Waals surface area contributed by atoms with Crippen LogP contribution in [-0.2, 0) is 4.79 Å². The van der Waals surface area contributed by atoms with Gasteiger partial charge in [-0.25, -0.2) is 0 Å². The number of aliphatic hydroxyl groups excluding tert-OH is 1. The first-order valence-electron chi connectivity index (χ1n) is 5.82. The SMILES string of the molecule is CC(COc1c(C(C)O)cc(Br)cc1[N+](=O)[O-])C(N)=O. The Hall–Kier alpha value is -1.67. The van der Waals surface area contributed by atoms with Crippen molar-refractivity contribution in [2.24, 2.45) is 11.7 Å². The molecule has 1 aromatic rings. The van der Waals surface area contributed by atoms with Crippen LogP contribution in [0, 0.1) is 16.0 Å². The number of ether oxygens (including phenoxy) is 1.